The van der Waals surface area contributed by atoms with Crippen LogP contribution in [0.25, 0.3) is 0 Å². The Morgan fingerprint density at radius 2 is 2.33 bits per heavy atom. The van der Waals surface area contributed by atoms with Crippen LogP contribution in [-0.2, 0) is 0 Å². The Morgan fingerprint density at radius 1 is 1.67 bits per heavy atom. The van der Waals surface area contributed by atoms with E-state index in [9.17, 15) is 0 Å². The molecule has 0 aliphatic rings. The molecular formula is C8H15N. The molecule has 1 atom stereocenters. The van der Waals surface area contributed by atoms with E-state index in [2.05, 4.69) is 24.9 Å². The van der Waals surface area contributed by atoms with E-state index < -0.39 is 0 Å². The van der Waals surface area contributed by atoms with Crippen LogP contribution < -0.4 is 5.32 Å². The number of hydrogen-bond donors (Lipinski definition) is 1. The molecule has 1 N–H and O–H groups in total. The molecule has 52 valence electrons. The van der Waals surface area contributed by atoms with Crippen LogP contribution in [0.5, 0.6) is 0 Å². The molecule has 0 aromatic carbocycles. The van der Waals surface area contributed by atoms with E-state index in [-0.39, 0.29) is 0 Å². The highest BCUT2D eigenvalue weighted by Gasteiger charge is 1.91. The third-order valence-electron chi connectivity index (χ3n) is 1.09. The Labute approximate surface area is 57.5 Å². The minimum absolute atomic E-state index is 0.347. The third-order valence-corrected chi connectivity index (χ3v) is 1.09. The average Bonchev–Trinajstić information content (AvgIpc) is 1.88. The van der Waals surface area contributed by atoms with Gasteiger partial charge in [-0.1, -0.05) is 25.2 Å². The second-order valence-electron chi connectivity index (χ2n) is 1.84. The van der Waals surface area contributed by atoms with Crippen molar-refractivity contribution >= 4 is 0 Å². The summed E-state index contributed by atoms with van der Waals surface area (Å²) in [5.74, 6) is 0. The highest BCUT2D eigenvalue weighted by atomic mass is 14.9. The largest absolute Gasteiger partial charge is 0.308 e. The lowest BCUT2D eigenvalue weighted by molar-refractivity contribution is 0.707. The summed E-state index contributed by atoms with van der Waals surface area (Å²) in [6.07, 6.45) is 6.00. The third kappa shape index (κ3) is 3.98. The molecule has 1 heteroatoms. The number of hydrogen-bond acceptors (Lipinski definition) is 1. The molecule has 0 bridgehead atoms. The summed E-state index contributed by atoms with van der Waals surface area (Å²) >= 11 is 0. The molecule has 0 spiro atoms. The fourth-order valence-electron chi connectivity index (χ4n) is 0.673. The minimum Gasteiger partial charge on any atom is -0.308 e. The summed E-state index contributed by atoms with van der Waals surface area (Å²) in [6, 6.07) is 0.347. The predicted molar refractivity (Wildman–Crippen MR) is 42.5 cm³/mol. The molecule has 0 heterocycles. The fourth-order valence-corrected chi connectivity index (χ4v) is 0.673. The van der Waals surface area contributed by atoms with Crippen molar-refractivity contribution in [1.82, 2.24) is 5.32 Å². The maximum Gasteiger partial charge on any atom is 0.0432 e. The predicted octanol–water partition coefficient (Wildman–Crippen LogP) is 1.73. The summed E-state index contributed by atoms with van der Waals surface area (Å²) in [7, 11) is 0. The highest BCUT2D eigenvalue weighted by molar-refractivity contribution is 5.01. The van der Waals surface area contributed by atoms with Crippen LogP contribution in [-0.4, -0.2) is 12.6 Å². The van der Waals surface area contributed by atoms with E-state index in [0.29, 0.717) is 6.04 Å². The second kappa shape index (κ2) is 5.57. The lowest BCUT2D eigenvalue weighted by Crippen LogP contribution is -2.23. The first-order chi connectivity index (χ1) is 4.35. The summed E-state index contributed by atoms with van der Waals surface area (Å²) in [4.78, 5) is 0. The number of nitrogens with one attached hydrogen (secondary N) is 1. The fraction of sp³-hybridized carbons (Fsp3) is 0.500. The average molecular weight is 125 g/mol. The molecule has 0 fully saturated rings. The van der Waals surface area contributed by atoms with Crippen LogP contribution in [0.4, 0.5) is 0 Å². The quantitative estimate of drug-likeness (QED) is 0.564. The van der Waals surface area contributed by atoms with Gasteiger partial charge >= 0.3 is 0 Å². The van der Waals surface area contributed by atoms with E-state index >= 15 is 0 Å². The van der Waals surface area contributed by atoms with Crippen molar-refractivity contribution in [2.24, 2.45) is 0 Å². The summed E-state index contributed by atoms with van der Waals surface area (Å²) in [6.45, 7) is 8.76. The van der Waals surface area contributed by atoms with E-state index in [4.69, 9.17) is 0 Å². The molecular weight excluding hydrogens is 110 g/mol. The van der Waals surface area contributed by atoms with Crippen LogP contribution in [0.15, 0.2) is 24.8 Å². The molecule has 9 heavy (non-hydrogen) atoms. The van der Waals surface area contributed by atoms with Gasteiger partial charge in [-0.05, 0) is 13.5 Å². The second-order valence-corrected chi connectivity index (χ2v) is 1.84. The lowest BCUT2D eigenvalue weighted by atomic mass is 10.2. The monoisotopic (exact) mass is 125 g/mol. The summed E-state index contributed by atoms with van der Waals surface area (Å²) in [5, 5.41) is 3.23. The minimum atomic E-state index is 0.347. The van der Waals surface area contributed by atoms with Crippen LogP contribution >= 0.6 is 0 Å². The number of rotatable bonds is 4. The van der Waals surface area contributed by atoms with Gasteiger partial charge in [-0.25, -0.2) is 0 Å². The molecule has 1 nitrogen and oxygen atoms in total. The Balaban J connectivity index is 3.53. The molecule has 0 radical (unpaired) electrons. The maximum absolute atomic E-state index is 3.68. The molecule has 0 aromatic rings. The van der Waals surface area contributed by atoms with Gasteiger partial charge in [-0.3, -0.25) is 0 Å². The van der Waals surface area contributed by atoms with Gasteiger partial charge in [0.25, 0.3) is 0 Å². The smallest absolute Gasteiger partial charge is 0.0432 e. The molecule has 0 aliphatic heterocycles. The number of allylic oxidation sites excluding steroid dienone is 1. The van der Waals surface area contributed by atoms with Gasteiger partial charge in [0.1, 0.15) is 0 Å². The topological polar surface area (TPSA) is 12.0 Å². The molecule has 0 aliphatic carbocycles. The summed E-state index contributed by atoms with van der Waals surface area (Å²) in [5.41, 5.74) is 0. The molecule has 0 amide bonds. The Bertz CT molecular complexity index is 94.7. The van der Waals surface area contributed by atoms with Gasteiger partial charge in [0.15, 0.2) is 0 Å². The van der Waals surface area contributed by atoms with Crippen LogP contribution in [0.1, 0.15) is 13.8 Å². The zero-order valence-electron chi connectivity index (χ0n) is 6.22. The van der Waals surface area contributed by atoms with Crippen molar-refractivity contribution in [3.63, 3.8) is 0 Å². The van der Waals surface area contributed by atoms with Crippen molar-refractivity contribution in [3.8, 4) is 0 Å². The van der Waals surface area contributed by atoms with Crippen molar-refractivity contribution in [2.75, 3.05) is 6.54 Å². The molecule has 0 saturated heterocycles. The van der Waals surface area contributed by atoms with Crippen molar-refractivity contribution in [2.45, 2.75) is 19.9 Å². The highest BCUT2D eigenvalue weighted by Crippen LogP contribution is 1.85. The van der Waals surface area contributed by atoms with Gasteiger partial charge in [0, 0.05) is 6.04 Å². The first-order valence-electron chi connectivity index (χ1n) is 3.33. The van der Waals surface area contributed by atoms with Crippen molar-refractivity contribution in [3.05, 3.63) is 24.8 Å². The molecule has 0 rings (SSSR count). The van der Waals surface area contributed by atoms with E-state index in [0.717, 1.165) is 6.54 Å². The Hall–Kier alpha value is -0.560. The first kappa shape index (κ1) is 8.44. The maximum atomic E-state index is 3.68. The van der Waals surface area contributed by atoms with Crippen LogP contribution in [0, 0.1) is 0 Å². The van der Waals surface area contributed by atoms with E-state index in [1.54, 1.807) is 0 Å². The zero-order chi connectivity index (χ0) is 7.11. The molecule has 1 unspecified atom stereocenters. The SMILES string of the molecule is C=CC(/C=C\C)NCC. The standard InChI is InChI=1S/C8H15N/c1-4-7-8(5-2)9-6-3/h4-5,7-9H,2,6H2,1,3H3/b7-4-. The van der Waals surface area contributed by atoms with Gasteiger partial charge < -0.3 is 5.32 Å². The van der Waals surface area contributed by atoms with Gasteiger partial charge in [0.2, 0.25) is 0 Å². The first-order valence-corrected chi connectivity index (χ1v) is 3.33. The van der Waals surface area contributed by atoms with E-state index in [1.165, 1.54) is 0 Å². The Kier molecular flexibility index (Phi) is 5.23. The van der Waals surface area contributed by atoms with Gasteiger partial charge in [-0.2, -0.15) is 0 Å². The molecule has 0 saturated carbocycles. The van der Waals surface area contributed by atoms with Crippen molar-refractivity contribution < 1.29 is 0 Å². The Morgan fingerprint density at radius 3 is 2.67 bits per heavy atom. The summed E-state index contributed by atoms with van der Waals surface area (Å²) < 4.78 is 0. The van der Waals surface area contributed by atoms with Gasteiger partial charge in [0.05, 0.1) is 0 Å². The van der Waals surface area contributed by atoms with Gasteiger partial charge in [-0.15, -0.1) is 6.58 Å². The van der Waals surface area contributed by atoms with Crippen LogP contribution in [0.3, 0.4) is 0 Å². The molecule has 0 aromatic heterocycles. The number of likely N-dealkylation sites (N-methyl/N-ethyl adjacent to an activating group) is 1. The van der Waals surface area contributed by atoms with Crippen LogP contribution in [0.2, 0.25) is 0 Å². The van der Waals surface area contributed by atoms with E-state index in [1.807, 2.05) is 19.1 Å². The van der Waals surface area contributed by atoms with Crippen molar-refractivity contribution in [1.29, 1.82) is 0 Å². The zero-order valence-corrected chi connectivity index (χ0v) is 6.22. The normalized spacial score (nSPS) is 14.0. The lowest BCUT2D eigenvalue weighted by Gasteiger charge is -2.05.